The quantitative estimate of drug-likeness (QED) is 0.910. The van der Waals surface area contributed by atoms with Crippen molar-refractivity contribution in [1.29, 1.82) is 0 Å². The van der Waals surface area contributed by atoms with Gasteiger partial charge in [-0.2, -0.15) is 0 Å². The lowest BCUT2D eigenvalue weighted by atomic mass is 10.1. The highest BCUT2D eigenvalue weighted by Crippen LogP contribution is 2.25. The molecular weight excluding hydrogens is 268 g/mol. The lowest BCUT2D eigenvalue weighted by Crippen LogP contribution is -1.95. The molecule has 5 nitrogen and oxygen atoms in total. The van der Waals surface area contributed by atoms with Crippen LogP contribution in [0.5, 0.6) is 0 Å². The maximum absolute atomic E-state index is 10.4. The number of carboxylic acids is 1. The summed E-state index contributed by atoms with van der Waals surface area (Å²) in [5.74, 6) is 0.0541. The second kappa shape index (κ2) is 5.84. The summed E-state index contributed by atoms with van der Waals surface area (Å²) in [5, 5.41) is 17.1. The Balaban J connectivity index is 2.10. The van der Waals surface area contributed by atoms with E-state index in [0.717, 1.165) is 11.1 Å². The van der Waals surface area contributed by atoms with E-state index in [1.54, 1.807) is 6.07 Å². The summed E-state index contributed by atoms with van der Waals surface area (Å²) in [6.45, 7) is 1.91. The Morgan fingerprint density at radius 1 is 1.42 bits per heavy atom. The largest absolute Gasteiger partial charge is 0.481 e. The summed E-state index contributed by atoms with van der Waals surface area (Å²) >= 11 is 5.89. The van der Waals surface area contributed by atoms with Crippen molar-refractivity contribution in [1.82, 2.24) is 10.2 Å². The molecule has 0 unspecified atom stereocenters. The molecule has 0 aliphatic heterocycles. The minimum absolute atomic E-state index is 0.0949. The predicted octanol–water partition coefficient (Wildman–Crippen LogP) is 3.11. The minimum atomic E-state index is -0.826. The number of aryl methyl sites for hydroxylation is 2. The third-order valence-corrected chi connectivity index (χ3v) is 2.90. The van der Waals surface area contributed by atoms with E-state index >= 15 is 0 Å². The van der Waals surface area contributed by atoms with E-state index in [-0.39, 0.29) is 6.42 Å². The molecule has 1 aromatic heterocycles. The molecule has 1 heterocycles. The second-order valence-electron chi connectivity index (χ2n) is 4.21. The SMILES string of the molecule is Cc1cc(Cl)ccc1-c1nnc(CCCC(=O)O)o1. The van der Waals surface area contributed by atoms with Gasteiger partial charge < -0.3 is 9.52 Å². The van der Waals surface area contributed by atoms with Crippen LogP contribution in [0, 0.1) is 6.92 Å². The summed E-state index contributed by atoms with van der Waals surface area (Å²) in [7, 11) is 0. The molecule has 0 spiro atoms. The Hall–Kier alpha value is -1.88. The summed E-state index contributed by atoms with van der Waals surface area (Å²) in [6.07, 6.45) is 1.04. The summed E-state index contributed by atoms with van der Waals surface area (Å²) in [5.41, 5.74) is 1.79. The molecule has 0 saturated heterocycles. The molecule has 0 bridgehead atoms. The predicted molar refractivity (Wildman–Crippen MR) is 70.1 cm³/mol. The normalized spacial score (nSPS) is 10.6. The Morgan fingerprint density at radius 2 is 2.21 bits per heavy atom. The molecule has 0 saturated carbocycles. The number of carboxylic acid groups (broad SMARTS) is 1. The van der Waals surface area contributed by atoms with Crippen LogP contribution in [0.15, 0.2) is 22.6 Å². The molecule has 1 aromatic carbocycles. The molecule has 0 fully saturated rings. The van der Waals surface area contributed by atoms with Crippen LogP contribution in [0.4, 0.5) is 0 Å². The third-order valence-electron chi connectivity index (χ3n) is 2.67. The number of rotatable bonds is 5. The van der Waals surface area contributed by atoms with Crippen molar-refractivity contribution < 1.29 is 14.3 Å². The third kappa shape index (κ3) is 3.54. The Bertz CT molecular complexity index is 595. The molecule has 1 N–H and O–H groups in total. The van der Waals surface area contributed by atoms with Crippen LogP contribution in [-0.2, 0) is 11.2 Å². The topological polar surface area (TPSA) is 76.2 Å². The van der Waals surface area contributed by atoms with E-state index in [4.69, 9.17) is 21.1 Å². The lowest BCUT2D eigenvalue weighted by molar-refractivity contribution is -0.137. The Kier molecular flexibility index (Phi) is 4.16. The molecule has 0 aliphatic carbocycles. The highest BCUT2D eigenvalue weighted by molar-refractivity contribution is 6.30. The fourth-order valence-corrected chi connectivity index (χ4v) is 1.95. The summed E-state index contributed by atoms with van der Waals surface area (Å²) in [4.78, 5) is 10.4. The van der Waals surface area contributed by atoms with Crippen molar-refractivity contribution in [3.8, 4) is 11.5 Å². The van der Waals surface area contributed by atoms with Crippen molar-refractivity contribution in [3.05, 3.63) is 34.7 Å². The smallest absolute Gasteiger partial charge is 0.303 e. The zero-order valence-corrected chi connectivity index (χ0v) is 11.1. The van der Waals surface area contributed by atoms with Gasteiger partial charge in [-0.1, -0.05) is 11.6 Å². The van der Waals surface area contributed by atoms with Crippen LogP contribution in [0.1, 0.15) is 24.3 Å². The lowest BCUT2D eigenvalue weighted by Gasteiger charge is -2.00. The van der Waals surface area contributed by atoms with Crippen molar-refractivity contribution >= 4 is 17.6 Å². The number of hydrogen-bond donors (Lipinski definition) is 1. The zero-order chi connectivity index (χ0) is 13.8. The highest BCUT2D eigenvalue weighted by atomic mass is 35.5. The first kappa shape index (κ1) is 13.5. The molecule has 6 heteroatoms. The zero-order valence-electron chi connectivity index (χ0n) is 10.4. The van der Waals surface area contributed by atoms with Crippen molar-refractivity contribution in [2.45, 2.75) is 26.2 Å². The van der Waals surface area contributed by atoms with E-state index < -0.39 is 5.97 Å². The summed E-state index contributed by atoms with van der Waals surface area (Å²) in [6, 6.07) is 5.41. The average Bonchev–Trinajstić information content (AvgIpc) is 2.77. The molecular formula is C13H13ClN2O3. The van der Waals surface area contributed by atoms with E-state index in [2.05, 4.69) is 10.2 Å². The van der Waals surface area contributed by atoms with Crippen LogP contribution in [0.3, 0.4) is 0 Å². The van der Waals surface area contributed by atoms with Crippen LogP contribution in [-0.4, -0.2) is 21.3 Å². The molecule has 0 radical (unpaired) electrons. The van der Waals surface area contributed by atoms with Crippen LogP contribution >= 0.6 is 11.6 Å². The standard InChI is InChI=1S/C13H13ClN2O3/c1-8-7-9(14)5-6-10(8)13-16-15-11(19-13)3-2-4-12(17)18/h5-7H,2-4H2,1H3,(H,17,18). The van der Waals surface area contributed by atoms with E-state index in [1.807, 2.05) is 19.1 Å². The first-order valence-corrected chi connectivity index (χ1v) is 6.25. The van der Waals surface area contributed by atoms with Gasteiger partial charge in [0.1, 0.15) is 0 Å². The number of benzene rings is 1. The maximum Gasteiger partial charge on any atom is 0.303 e. The van der Waals surface area contributed by atoms with E-state index in [1.165, 1.54) is 0 Å². The number of aromatic nitrogens is 2. The van der Waals surface area contributed by atoms with Crippen molar-refractivity contribution in [2.24, 2.45) is 0 Å². The monoisotopic (exact) mass is 280 g/mol. The molecule has 19 heavy (non-hydrogen) atoms. The van der Waals surface area contributed by atoms with Gasteiger partial charge in [-0.15, -0.1) is 10.2 Å². The molecule has 100 valence electrons. The van der Waals surface area contributed by atoms with Gasteiger partial charge in [-0.3, -0.25) is 4.79 Å². The first-order chi connectivity index (χ1) is 9.06. The van der Waals surface area contributed by atoms with E-state index in [0.29, 0.717) is 29.6 Å². The number of aliphatic carboxylic acids is 1. The molecule has 0 amide bonds. The van der Waals surface area contributed by atoms with Gasteiger partial charge in [0.25, 0.3) is 0 Å². The number of carbonyl (C=O) groups is 1. The fourth-order valence-electron chi connectivity index (χ4n) is 1.72. The molecule has 0 aliphatic rings. The van der Waals surface area contributed by atoms with Crippen molar-refractivity contribution in [2.75, 3.05) is 0 Å². The number of hydrogen-bond acceptors (Lipinski definition) is 4. The Morgan fingerprint density at radius 3 is 2.89 bits per heavy atom. The Labute approximate surface area is 115 Å². The minimum Gasteiger partial charge on any atom is -0.481 e. The van der Waals surface area contributed by atoms with Crippen molar-refractivity contribution in [3.63, 3.8) is 0 Å². The maximum atomic E-state index is 10.4. The highest BCUT2D eigenvalue weighted by Gasteiger charge is 2.11. The van der Waals surface area contributed by atoms with Crippen LogP contribution in [0.2, 0.25) is 5.02 Å². The van der Waals surface area contributed by atoms with Crippen LogP contribution in [0.25, 0.3) is 11.5 Å². The first-order valence-electron chi connectivity index (χ1n) is 5.87. The van der Waals surface area contributed by atoms with Gasteiger partial charge in [-0.05, 0) is 37.1 Å². The van der Waals surface area contributed by atoms with Gasteiger partial charge in [0.15, 0.2) is 0 Å². The van der Waals surface area contributed by atoms with Gasteiger partial charge in [0.05, 0.1) is 0 Å². The van der Waals surface area contributed by atoms with Crippen LogP contribution < -0.4 is 0 Å². The molecule has 2 rings (SSSR count). The summed E-state index contributed by atoms with van der Waals surface area (Å²) < 4.78 is 5.51. The molecule has 2 aromatic rings. The molecule has 0 atom stereocenters. The van der Waals surface area contributed by atoms with E-state index in [9.17, 15) is 4.79 Å². The van der Waals surface area contributed by atoms with Gasteiger partial charge >= 0.3 is 5.97 Å². The van der Waals surface area contributed by atoms with Gasteiger partial charge in [0.2, 0.25) is 11.8 Å². The number of nitrogens with zero attached hydrogens (tertiary/aromatic N) is 2. The number of halogens is 1. The van der Waals surface area contributed by atoms with Gasteiger partial charge in [0, 0.05) is 23.4 Å². The second-order valence-corrected chi connectivity index (χ2v) is 4.64. The average molecular weight is 281 g/mol. The fraction of sp³-hybridized carbons (Fsp3) is 0.308. The van der Waals surface area contributed by atoms with Gasteiger partial charge in [-0.25, -0.2) is 0 Å².